The van der Waals surface area contributed by atoms with Gasteiger partial charge in [0.25, 0.3) is 0 Å². The van der Waals surface area contributed by atoms with Gasteiger partial charge in [0, 0.05) is 0 Å². The normalized spacial score (nSPS) is 11.1. The van der Waals surface area contributed by atoms with E-state index in [0.29, 0.717) is 28.2 Å². The third-order valence-electron chi connectivity index (χ3n) is 2.74. The van der Waals surface area contributed by atoms with E-state index < -0.39 is 0 Å². The first-order valence-corrected chi connectivity index (χ1v) is 6.67. The number of hydrogen-bond acceptors (Lipinski definition) is 3. The van der Waals surface area contributed by atoms with Crippen molar-refractivity contribution in [1.82, 2.24) is 14.9 Å². The third-order valence-corrected chi connectivity index (χ3v) is 3.29. The van der Waals surface area contributed by atoms with Gasteiger partial charge in [-0.2, -0.15) is 0 Å². The van der Waals surface area contributed by atoms with Gasteiger partial charge in [0.05, 0.1) is 12.1 Å². The van der Waals surface area contributed by atoms with Gasteiger partial charge in [-0.25, -0.2) is 9.97 Å². The number of aryl methyl sites for hydroxylation is 1. The van der Waals surface area contributed by atoms with E-state index in [-0.39, 0.29) is 0 Å². The minimum atomic E-state index is 0.395. The maximum Gasteiger partial charge on any atom is 0.145 e. The van der Waals surface area contributed by atoms with Crippen LogP contribution in [0.3, 0.4) is 0 Å². The summed E-state index contributed by atoms with van der Waals surface area (Å²) in [5, 5.41) is 0.789. The van der Waals surface area contributed by atoms with E-state index in [1.54, 1.807) is 0 Å². The Labute approximate surface area is 123 Å². The van der Waals surface area contributed by atoms with Gasteiger partial charge < -0.3 is 4.90 Å². The average molecular weight is 296 g/mol. The van der Waals surface area contributed by atoms with Crippen LogP contribution in [0, 0.1) is 6.92 Å². The van der Waals surface area contributed by atoms with Gasteiger partial charge in [-0.15, -0.1) is 0 Å². The van der Waals surface area contributed by atoms with E-state index in [2.05, 4.69) is 9.97 Å². The van der Waals surface area contributed by atoms with E-state index in [0.717, 1.165) is 11.1 Å². The van der Waals surface area contributed by atoms with E-state index in [9.17, 15) is 0 Å². The summed E-state index contributed by atoms with van der Waals surface area (Å²) in [4.78, 5) is 10.6. The molecule has 3 nitrogen and oxygen atoms in total. The quantitative estimate of drug-likeness (QED) is 0.806. The van der Waals surface area contributed by atoms with Crippen LogP contribution in [0.25, 0.3) is 11.1 Å². The zero-order chi connectivity index (χ0) is 14.0. The molecule has 100 valence electrons. The Bertz CT molecular complexity index is 574. The van der Waals surface area contributed by atoms with Crippen LogP contribution < -0.4 is 0 Å². The molecule has 19 heavy (non-hydrogen) atoms. The SMILES string of the molecule is Cc1ccccc1-c1c(Cl)nc(CN(C)C)nc1Cl. The smallest absolute Gasteiger partial charge is 0.145 e. The number of halogens is 2. The summed E-state index contributed by atoms with van der Waals surface area (Å²) in [6.07, 6.45) is 0. The molecule has 0 radical (unpaired) electrons. The van der Waals surface area contributed by atoms with Crippen molar-refractivity contribution >= 4 is 23.2 Å². The summed E-state index contributed by atoms with van der Waals surface area (Å²) in [5.74, 6) is 0.623. The summed E-state index contributed by atoms with van der Waals surface area (Å²) < 4.78 is 0. The molecule has 1 aromatic heterocycles. The molecule has 0 unspecified atom stereocenters. The molecule has 2 aromatic rings. The second-order valence-electron chi connectivity index (χ2n) is 4.65. The third kappa shape index (κ3) is 3.24. The standard InChI is InChI=1S/C14H15Cl2N3/c1-9-6-4-5-7-10(9)12-13(15)17-11(8-19(2)3)18-14(12)16/h4-7H,8H2,1-3H3. The minimum Gasteiger partial charge on any atom is -0.302 e. The van der Waals surface area contributed by atoms with Crippen LogP contribution in [-0.2, 0) is 6.54 Å². The molecule has 1 heterocycles. The van der Waals surface area contributed by atoms with Crippen LogP contribution in [0.1, 0.15) is 11.4 Å². The van der Waals surface area contributed by atoms with E-state index >= 15 is 0 Å². The summed E-state index contributed by atoms with van der Waals surface area (Å²) in [7, 11) is 3.89. The summed E-state index contributed by atoms with van der Waals surface area (Å²) in [6.45, 7) is 2.61. The maximum atomic E-state index is 6.27. The maximum absolute atomic E-state index is 6.27. The molecular formula is C14H15Cl2N3. The van der Waals surface area contributed by atoms with Crippen molar-refractivity contribution in [2.75, 3.05) is 14.1 Å². The molecule has 0 bridgehead atoms. The molecule has 0 aliphatic rings. The van der Waals surface area contributed by atoms with E-state index in [1.165, 1.54) is 0 Å². The number of rotatable bonds is 3. The molecule has 0 N–H and O–H groups in total. The van der Waals surface area contributed by atoms with Crippen molar-refractivity contribution in [1.29, 1.82) is 0 Å². The van der Waals surface area contributed by atoms with Gasteiger partial charge in [0.15, 0.2) is 0 Å². The second kappa shape index (κ2) is 5.87. The highest BCUT2D eigenvalue weighted by Crippen LogP contribution is 2.34. The molecule has 0 amide bonds. The van der Waals surface area contributed by atoms with Gasteiger partial charge in [0.2, 0.25) is 0 Å². The number of aromatic nitrogens is 2. The van der Waals surface area contributed by atoms with Crippen LogP contribution in [0.2, 0.25) is 10.3 Å². The van der Waals surface area contributed by atoms with E-state index in [4.69, 9.17) is 23.2 Å². The Hall–Kier alpha value is -1.16. The molecule has 1 aromatic carbocycles. The molecule has 0 fully saturated rings. The predicted molar refractivity (Wildman–Crippen MR) is 79.6 cm³/mol. The van der Waals surface area contributed by atoms with Gasteiger partial charge in [-0.3, -0.25) is 0 Å². The fourth-order valence-electron chi connectivity index (χ4n) is 1.88. The fourth-order valence-corrected chi connectivity index (χ4v) is 2.50. The first-order valence-electron chi connectivity index (χ1n) is 5.91. The van der Waals surface area contributed by atoms with Crippen molar-refractivity contribution in [2.24, 2.45) is 0 Å². The lowest BCUT2D eigenvalue weighted by atomic mass is 10.0. The van der Waals surface area contributed by atoms with Gasteiger partial charge in [-0.1, -0.05) is 47.5 Å². The molecule has 0 saturated carbocycles. The highest BCUT2D eigenvalue weighted by molar-refractivity contribution is 6.37. The Kier molecular flexibility index (Phi) is 4.40. The lowest BCUT2D eigenvalue weighted by molar-refractivity contribution is 0.390. The van der Waals surface area contributed by atoms with Crippen molar-refractivity contribution < 1.29 is 0 Å². The molecule has 0 aliphatic heterocycles. The summed E-state index contributed by atoms with van der Waals surface area (Å²) in [5.41, 5.74) is 2.76. The topological polar surface area (TPSA) is 29.0 Å². The van der Waals surface area contributed by atoms with Crippen molar-refractivity contribution in [2.45, 2.75) is 13.5 Å². The second-order valence-corrected chi connectivity index (χ2v) is 5.37. The van der Waals surface area contributed by atoms with Crippen molar-refractivity contribution in [3.05, 3.63) is 46.0 Å². The first kappa shape index (κ1) is 14.3. The molecule has 0 aliphatic carbocycles. The monoisotopic (exact) mass is 295 g/mol. The minimum absolute atomic E-state index is 0.395. The van der Waals surface area contributed by atoms with Gasteiger partial charge in [-0.05, 0) is 32.1 Å². The molecule has 2 rings (SSSR count). The van der Waals surface area contributed by atoms with E-state index in [1.807, 2.05) is 50.2 Å². The Morgan fingerprint density at radius 3 is 2.16 bits per heavy atom. The highest BCUT2D eigenvalue weighted by Gasteiger charge is 2.15. The van der Waals surface area contributed by atoms with Crippen LogP contribution in [-0.4, -0.2) is 29.0 Å². The molecule has 0 spiro atoms. The Balaban J connectivity index is 2.51. The van der Waals surface area contributed by atoms with Crippen LogP contribution in [0.5, 0.6) is 0 Å². The zero-order valence-electron chi connectivity index (χ0n) is 11.1. The Morgan fingerprint density at radius 1 is 1.05 bits per heavy atom. The summed E-state index contributed by atoms with van der Waals surface area (Å²) in [6, 6.07) is 7.90. The molecule has 0 atom stereocenters. The van der Waals surface area contributed by atoms with Crippen LogP contribution in [0.4, 0.5) is 0 Å². The van der Waals surface area contributed by atoms with Crippen LogP contribution in [0.15, 0.2) is 24.3 Å². The number of nitrogens with zero attached hydrogens (tertiary/aromatic N) is 3. The molecule has 5 heteroatoms. The van der Waals surface area contributed by atoms with Crippen LogP contribution >= 0.6 is 23.2 Å². The first-order chi connectivity index (χ1) is 8.99. The number of benzene rings is 1. The largest absolute Gasteiger partial charge is 0.302 e. The number of hydrogen-bond donors (Lipinski definition) is 0. The zero-order valence-corrected chi connectivity index (χ0v) is 12.6. The lowest BCUT2D eigenvalue weighted by Gasteiger charge is -2.12. The average Bonchev–Trinajstić information content (AvgIpc) is 2.29. The molecular weight excluding hydrogens is 281 g/mol. The predicted octanol–water partition coefficient (Wildman–Crippen LogP) is 3.82. The van der Waals surface area contributed by atoms with Gasteiger partial charge in [0.1, 0.15) is 16.1 Å². The Morgan fingerprint density at radius 2 is 1.63 bits per heavy atom. The summed E-state index contributed by atoms with van der Waals surface area (Å²) >= 11 is 12.5. The van der Waals surface area contributed by atoms with Crippen molar-refractivity contribution in [3.63, 3.8) is 0 Å². The van der Waals surface area contributed by atoms with Gasteiger partial charge >= 0.3 is 0 Å². The highest BCUT2D eigenvalue weighted by atomic mass is 35.5. The van der Waals surface area contributed by atoms with Crippen molar-refractivity contribution in [3.8, 4) is 11.1 Å². The fraction of sp³-hybridized carbons (Fsp3) is 0.286. The molecule has 0 saturated heterocycles. The lowest BCUT2D eigenvalue weighted by Crippen LogP contribution is -2.13.